The molecule has 2 N–H and O–H groups in total. The van der Waals surface area contributed by atoms with E-state index in [0.717, 1.165) is 32.3 Å². The van der Waals surface area contributed by atoms with Crippen molar-refractivity contribution < 1.29 is 14.3 Å². The molecule has 136 valence electrons. The summed E-state index contributed by atoms with van der Waals surface area (Å²) >= 11 is 0. The smallest absolute Gasteiger partial charge is 0.317 e. The maximum absolute atomic E-state index is 12.2. The Hall–Kier alpha value is -1.30. The first-order chi connectivity index (χ1) is 11.7. The average molecular weight is 337 g/mol. The second kappa shape index (κ2) is 8.70. The zero-order chi connectivity index (χ0) is 16.8. The molecule has 3 amide bonds. The van der Waals surface area contributed by atoms with Gasteiger partial charge in [-0.05, 0) is 44.4 Å². The van der Waals surface area contributed by atoms with Gasteiger partial charge in [0.25, 0.3) is 0 Å². The maximum atomic E-state index is 12.2. The predicted octanol–water partition coefficient (Wildman–Crippen LogP) is 2.04. The fourth-order valence-electron chi connectivity index (χ4n) is 4.11. The van der Waals surface area contributed by atoms with Crippen LogP contribution >= 0.6 is 0 Å². The first-order valence-electron chi connectivity index (χ1n) is 9.64. The minimum atomic E-state index is 0.00114. The summed E-state index contributed by atoms with van der Waals surface area (Å²) < 4.78 is 5.53. The molecule has 6 nitrogen and oxygen atoms in total. The highest BCUT2D eigenvalue weighted by Gasteiger charge is 2.26. The normalized spacial score (nSPS) is 25.8. The number of likely N-dealkylation sites (tertiary alicyclic amines) is 1. The van der Waals surface area contributed by atoms with Crippen molar-refractivity contribution in [1.82, 2.24) is 15.5 Å². The van der Waals surface area contributed by atoms with Gasteiger partial charge < -0.3 is 20.3 Å². The summed E-state index contributed by atoms with van der Waals surface area (Å²) in [4.78, 5) is 26.2. The average Bonchev–Trinajstić information content (AvgIpc) is 3.27. The zero-order valence-corrected chi connectivity index (χ0v) is 14.6. The molecule has 0 aromatic rings. The van der Waals surface area contributed by atoms with E-state index in [2.05, 4.69) is 10.6 Å². The number of rotatable bonds is 5. The van der Waals surface area contributed by atoms with Crippen molar-refractivity contribution in [3.05, 3.63) is 0 Å². The van der Waals surface area contributed by atoms with Crippen LogP contribution in [0.2, 0.25) is 0 Å². The Labute approximate surface area is 144 Å². The van der Waals surface area contributed by atoms with Crippen LogP contribution in [0.25, 0.3) is 0 Å². The van der Waals surface area contributed by atoms with Gasteiger partial charge in [0.15, 0.2) is 0 Å². The molecule has 3 rings (SSSR count). The van der Waals surface area contributed by atoms with Crippen molar-refractivity contribution in [3.63, 3.8) is 0 Å². The lowest BCUT2D eigenvalue weighted by molar-refractivity contribution is -0.122. The SMILES string of the molecule is O=C(CC1CCCC1)NC1CCN(C(=O)NCC2CCCO2)CC1. The Morgan fingerprint density at radius 2 is 1.75 bits per heavy atom. The van der Waals surface area contributed by atoms with E-state index in [1.807, 2.05) is 4.90 Å². The summed E-state index contributed by atoms with van der Waals surface area (Å²) in [5.41, 5.74) is 0. The summed E-state index contributed by atoms with van der Waals surface area (Å²) in [6.07, 6.45) is 9.65. The van der Waals surface area contributed by atoms with E-state index in [-0.39, 0.29) is 24.1 Å². The lowest BCUT2D eigenvalue weighted by Gasteiger charge is -2.32. The van der Waals surface area contributed by atoms with Crippen molar-refractivity contribution in [2.45, 2.75) is 69.9 Å². The third kappa shape index (κ3) is 5.10. The summed E-state index contributed by atoms with van der Waals surface area (Å²) in [5, 5.41) is 6.14. The van der Waals surface area contributed by atoms with Crippen molar-refractivity contribution in [1.29, 1.82) is 0 Å². The van der Waals surface area contributed by atoms with Crippen molar-refractivity contribution in [2.75, 3.05) is 26.2 Å². The van der Waals surface area contributed by atoms with Crippen LogP contribution in [0, 0.1) is 5.92 Å². The van der Waals surface area contributed by atoms with Gasteiger partial charge in [-0.2, -0.15) is 0 Å². The number of ether oxygens (including phenoxy) is 1. The third-order valence-electron chi connectivity index (χ3n) is 5.60. The number of carbonyl (C=O) groups is 2. The Morgan fingerprint density at radius 1 is 1.00 bits per heavy atom. The van der Waals surface area contributed by atoms with E-state index in [1.165, 1.54) is 25.7 Å². The molecule has 2 aliphatic heterocycles. The number of nitrogens with one attached hydrogen (secondary N) is 2. The molecule has 1 atom stereocenters. The third-order valence-corrected chi connectivity index (χ3v) is 5.60. The molecule has 2 saturated heterocycles. The molecule has 1 aliphatic carbocycles. The van der Waals surface area contributed by atoms with Crippen LogP contribution in [0.3, 0.4) is 0 Å². The van der Waals surface area contributed by atoms with Crippen molar-refractivity contribution in [2.24, 2.45) is 5.92 Å². The topological polar surface area (TPSA) is 70.7 Å². The number of amides is 3. The first-order valence-corrected chi connectivity index (χ1v) is 9.64. The number of hydrogen-bond acceptors (Lipinski definition) is 3. The van der Waals surface area contributed by atoms with Gasteiger partial charge in [0.05, 0.1) is 6.10 Å². The van der Waals surface area contributed by atoms with Gasteiger partial charge in [0.1, 0.15) is 0 Å². The molecule has 0 radical (unpaired) electrons. The van der Waals surface area contributed by atoms with Crippen LogP contribution < -0.4 is 10.6 Å². The van der Waals surface area contributed by atoms with E-state index in [1.54, 1.807) is 0 Å². The van der Waals surface area contributed by atoms with Crippen LogP contribution in [0.5, 0.6) is 0 Å². The molecule has 1 unspecified atom stereocenters. The summed E-state index contributed by atoms with van der Waals surface area (Å²) in [6.45, 7) is 2.85. The summed E-state index contributed by atoms with van der Waals surface area (Å²) in [7, 11) is 0. The fraction of sp³-hybridized carbons (Fsp3) is 0.889. The molecule has 6 heteroatoms. The predicted molar refractivity (Wildman–Crippen MR) is 91.7 cm³/mol. The molecular formula is C18H31N3O3. The van der Waals surface area contributed by atoms with Crippen molar-refractivity contribution >= 4 is 11.9 Å². The molecule has 1 saturated carbocycles. The molecule has 3 fully saturated rings. The van der Waals surface area contributed by atoms with Gasteiger partial charge in [-0.15, -0.1) is 0 Å². The molecule has 3 aliphatic rings. The van der Waals surface area contributed by atoms with Crippen LogP contribution in [0.4, 0.5) is 4.79 Å². The minimum Gasteiger partial charge on any atom is -0.376 e. The summed E-state index contributed by atoms with van der Waals surface area (Å²) in [5.74, 6) is 0.789. The van der Waals surface area contributed by atoms with Crippen LogP contribution in [-0.4, -0.2) is 55.2 Å². The first kappa shape index (κ1) is 17.5. The highest BCUT2D eigenvalue weighted by atomic mass is 16.5. The summed E-state index contributed by atoms with van der Waals surface area (Å²) in [6, 6.07) is 0.224. The second-order valence-corrected chi connectivity index (χ2v) is 7.50. The van der Waals surface area contributed by atoms with Gasteiger partial charge in [0.2, 0.25) is 5.91 Å². The highest BCUT2D eigenvalue weighted by Crippen LogP contribution is 2.27. The van der Waals surface area contributed by atoms with Gasteiger partial charge in [0, 0.05) is 38.7 Å². The molecule has 0 spiro atoms. The van der Waals surface area contributed by atoms with Crippen LogP contribution in [-0.2, 0) is 9.53 Å². The van der Waals surface area contributed by atoms with Gasteiger partial charge in [-0.1, -0.05) is 12.8 Å². The van der Waals surface area contributed by atoms with E-state index < -0.39 is 0 Å². The largest absolute Gasteiger partial charge is 0.376 e. The second-order valence-electron chi connectivity index (χ2n) is 7.50. The quantitative estimate of drug-likeness (QED) is 0.806. The molecule has 24 heavy (non-hydrogen) atoms. The number of carbonyl (C=O) groups excluding carboxylic acids is 2. The lowest BCUT2D eigenvalue weighted by atomic mass is 10.0. The van der Waals surface area contributed by atoms with Gasteiger partial charge in [-0.3, -0.25) is 4.79 Å². The number of piperidine rings is 1. The standard InChI is InChI=1S/C18H31N3O3/c22-17(12-14-4-1-2-5-14)20-15-7-9-21(10-8-15)18(23)19-13-16-6-3-11-24-16/h14-16H,1-13H2,(H,19,23)(H,20,22). The van der Waals surface area contributed by atoms with E-state index >= 15 is 0 Å². The van der Waals surface area contributed by atoms with E-state index in [4.69, 9.17) is 4.74 Å². The number of urea groups is 1. The van der Waals surface area contributed by atoms with E-state index in [0.29, 0.717) is 32.0 Å². The Balaban J connectivity index is 1.31. The maximum Gasteiger partial charge on any atom is 0.317 e. The molecule has 2 heterocycles. The molecule has 0 bridgehead atoms. The van der Waals surface area contributed by atoms with Gasteiger partial charge in [-0.25, -0.2) is 4.79 Å². The number of hydrogen-bond donors (Lipinski definition) is 2. The molecule has 0 aromatic heterocycles. The Kier molecular flexibility index (Phi) is 6.35. The van der Waals surface area contributed by atoms with Crippen molar-refractivity contribution in [3.8, 4) is 0 Å². The van der Waals surface area contributed by atoms with Gasteiger partial charge >= 0.3 is 6.03 Å². The lowest BCUT2D eigenvalue weighted by Crippen LogP contribution is -2.50. The number of nitrogens with zero attached hydrogens (tertiary/aromatic N) is 1. The van der Waals surface area contributed by atoms with Crippen LogP contribution in [0.15, 0.2) is 0 Å². The Bertz CT molecular complexity index is 423. The monoisotopic (exact) mass is 337 g/mol. The zero-order valence-electron chi connectivity index (χ0n) is 14.6. The Morgan fingerprint density at radius 3 is 2.42 bits per heavy atom. The minimum absolute atomic E-state index is 0.00114. The fourth-order valence-corrected chi connectivity index (χ4v) is 4.11. The van der Waals surface area contributed by atoms with Crippen LogP contribution in [0.1, 0.15) is 57.8 Å². The molecule has 0 aromatic carbocycles. The highest BCUT2D eigenvalue weighted by molar-refractivity contribution is 5.77. The van der Waals surface area contributed by atoms with E-state index in [9.17, 15) is 9.59 Å². The molecular weight excluding hydrogens is 306 g/mol.